The molecular weight excluding hydrogens is 466 g/mol. The van der Waals surface area contributed by atoms with Crippen molar-refractivity contribution in [1.29, 1.82) is 0 Å². The molecule has 3 aliphatic rings. The minimum Gasteiger partial charge on any atom is -0.449 e. The summed E-state index contributed by atoms with van der Waals surface area (Å²) in [5.41, 5.74) is -2.32. The van der Waals surface area contributed by atoms with Gasteiger partial charge in [0.05, 0.1) is 12.6 Å². The van der Waals surface area contributed by atoms with Gasteiger partial charge in [-0.2, -0.15) is 8.42 Å². The zero-order valence-corrected chi connectivity index (χ0v) is 20.3. The van der Waals surface area contributed by atoms with E-state index in [9.17, 15) is 32.5 Å². The Kier molecular flexibility index (Phi) is 8.58. The molecule has 0 spiro atoms. The van der Waals surface area contributed by atoms with Crippen molar-refractivity contribution in [2.45, 2.75) is 63.5 Å². The number of nitrogens with one attached hydrogen (secondary N) is 3. The molecule has 2 aliphatic carbocycles. The Balaban J connectivity index is 1.61. The number of amides is 3. The van der Waals surface area contributed by atoms with Crippen molar-refractivity contribution in [3.8, 4) is 0 Å². The molecule has 2 fully saturated rings. The molecule has 192 valence electrons. The molecule has 1 aliphatic heterocycles. The lowest BCUT2D eigenvalue weighted by molar-refractivity contribution is -0.126. The second-order valence-electron chi connectivity index (χ2n) is 10.00. The number of rotatable bonds is 11. The zero-order valence-electron chi connectivity index (χ0n) is 19.5. The quantitative estimate of drug-likeness (QED) is 0.202. The molecule has 0 aromatic rings. The van der Waals surface area contributed by atoms with E-state index in [0.29, 0.717) is 24.8 Å². The Morgan fingerprint density at radius 1 is 1.24 bits per heavy atom. The fourth-order valence-corrected chi connectivity index (χ4v) is 5.66. The third-order valence-corrected chi connectivity index (χ3v) is 7.78. The molecule has 1 saturated carbocycles. The maximum atomic E-state index is 13.0. The number of aliphatic hydroxyl groups is 1. The Morgan fingerprint density at radius 2 is 1.97 bits per heavy atom. The maximum absolute atomic E-state index is 13.0. The molecule has 0 radical (unpaired) electrons. The van der Waals surface area contributed by atoms with Gasteiger partial charge in [-0.1, -0.05) is 26.0 Å². The number of hydrogen-bond donors (Lipinski definition) is 5. The predicted molar refractivity (Wildman–Crippen MR) is 122 cm³/mol. The molecule has 34 heavy (non-hydrogen) atoms. The van der Waals surface area contributed by atoms with Crippen molar-refractivity contribution >= 4 is 28.0 Å². The first-order chi connectivity index (χ1) is 15.9. The van der Waals surface area contributed by atoms with Crippen LogP contribution in [0.3, 0.4) is 0 Å². The predicted octanol–water partition coefficient (Wildman–Crippen LogP) is 0.557. The minimum absolute atomic E-state index is 0.00249. The number of carbonyl (C=O) groups is 3. The number of ether oxygens (including phenoxy) is 1. The summed E-state index contributed by atoms with van der Waals surface area (Å²) in [6, 6.07) is -2.49. The van der Waals surface area contributed by atoms with Gasteiger partial charge in [-0.15, -0.1) is 0 Å². The van der Waals surface area contributed by atoms with E-state index >= 15 is 0 Å². The van der Waals surface area contributed by atoms with Crippen molar-refractivity contribution < 1.29 is 37.2 Å². The van der Waals surface area contributed by atoms with Gasteiger partial charge < -0.3 is 25.8 Å². The van der Waals surface area contributed by atoms with Crippen LogP contribution in [-0.2, 0) is 24.4 Å². The average molecular weight is 502 g/mol. The molecule has 1 saturated heterocycles. The zero-order chi connectivity index (χ0) is 25.0. The van der Waals surface area contributed by atoms with Crippen LogP contribution < -0.4 is 16.0 Å². The van der Waals surface area contributed by atoms with E-state index < -0.39 is 45.6 Å². The van der Waals surface area contributed by atoms with Gasteiger partial charge in [0.25, 0.3) is 10.1 Å². The minimum atomic E-state index is -4.91. The lowest BCUT2D eigenvalue weighted by Crippen LogP contribution is -2.55. The Morgan fingerprint density at radius 3 is 2.50 bits per heavy atom. The summed E-state index contributed by atoms with van der Waals surface area (Å²) in [7, 11) is -4.91. The smallest absolute Gasteiger partial charge is 0.407 e. The Hall–Kier alpha value is -2.18. The van der Waals surface area contributed by atoms with E-state index in [-0.39, 0.29) is 37.2 Å². The maximum Gasteiger partial charge on any atom is 0.407 e. The first-order valence-electron chi connectivity index (χ1n) is 11.8. The van der Waals surface area contributed by atoms with E-state index in [2.05, 4.69) is 28.1 Å². The Labute approximate surface area is 199 Å². The largest absolute Gasteiger partial charge is 0.449 e. The van der Waals surface area contributed by atoms with E-state index in [1.54, 1.807) is 0 Å². The highest BCUT2D eigenvalue weighted by molar-refractivity contribution is 7.86. The first kappa shape index (κ1) is 26.4. The highest BCUT2D eigenvalue weighted by atomic mass is 32.2. The van der Waals surface area contributed by atoms with Crippen LogP contribution in [-0.4, -0.2) is 66.7 Å². The molecule has 3 amide bonds. The van der Waals surface area contributed by atoms with Crippen molar-refractivity contribution in [2.75, 3.05) is 13.2 Å². The molecule has 3 rings (SSSR count). The summed E-state index contributed by atoms with van der Waals surface area (Å²) in [4.78, 5) is 37.4. The van der Waals surface area contributed by atoms with E-state index in [4.69, 9.17) is 4.74 Å². The number of hydrogen-bond acceptors (Lipinski definition) is 7. The van der Waals surface area contributed by atoms with Gasteiger partial charge >= 0.3 is 6.09 Å². The third kappa shape index (κ3) is 6.92. The van der Waals surface area contributed by atoms with Crippen molar-refractivity contribution in [2.24, 2.45) is 29.6 Å². The fourth-order valence-electron chi connectivity index (χ4n) is 5.07. The van der Waals surface area contributed by atoms with Crippen LogP contribution in [0, 0.1) is 29.6 Å². The molecule has 12 heteroatoms. The van der Waals surface area contributed by atoms with Crippen LogP contribution >= 0.6 is 0 Å². The SMILES string of the molecule is CC(C)C[C@H](NC(=O)OC[C@H]1C[C@H]2C=C[C@@H]1C2)C(=O)N[C@@H](C[C@@H]1CCNC1=O)[C@@H](O)S(=O)(=O)O. The van der Waals surface area contributed by atoms with Crippen molar-refractivity contribution in [1.82, 2.24) is 16.0 Å². The van der Waals surface area contributed by atoms with E-state index in [1.165, 1.54) is 0 Å². The van der Waals surface area contributed by atoms with Gasteiger partial charge in [-0.3, -0.25) is 14.1 Å². The second kappa shape index (κ2) is 11.0. The molecule has 7 atom stereocenters. The number of fused-ring (bicyclic) bond motifs is 2. The van der Waals surface area contributed by atoms with Gasteiger partial charge in [-0.25, -0.2) is 4.79 Å². The summed E-state index contributed by atoms with van der Waals surface area (Å²) in [5, 5.41) is 17.7. The fraction of sp³-hybridized carbons (Fsp3) is 0.773. The average Bonchev–Trinajstić information content (AvgIpc) is 3.47. The first-order valence-corrected chi connectivity index (χ1v) is 13.3. The van der Waals surface area contributed by atoms with E-state index in [1.807, 2.05) is 13.8 Å². The molecule has 1 heterocycles. The summed E-state index contributed by atoms with van der Waals surface area (Å²) in [6.45, 7) is 4.34. The number of allylic oxidation sites excluding steroid dienone is 2. The lowest BCUT2D eigenvalue weighted by atomic mass is 9.95. The molecule has 11 nitrogen and oxygen atoms in total. The van der Waals surface area contributed by atoms with Gasteiger partial charge in [0.1, 0.15) is 6.04 Å². The summed E-state index contributed by atoms with van der Waals surface area (Å²) in [6.07, 6.45) is 6.08. The standard InChI is InChI=1S/C22H35N3O8S/c1-12(2)7-17(25-22(29)33-11-16-9-13-3-4-14(16)8-13)20(27)24-18(21(28)34(30,31)32)10-15-5-6-23-19(15)26/h3-4,12-18,21,28H,5-11H2,1-2H3,(H,23,26)(H,24,27)(H,25,29)(H,30,31,32)/t13-,14+,15-,16+,17-,18-,21-/m0/s1. The van der Waals surface area contributed by atoms with Crippen LogP contribution in [0.2, 0.25) is 0 Å². The molecule has 5 N–H and O–H groups in total. The topological polar surface area (TPSA) is 171 Å². The van der Waals surface area contributed by atoms with Crippen molar-refractivity contribution in [3.05, 3.63) is 12.2 Å². The van der Waals surface area contributed by atoms with Crippen LogP contribution in [0.4, 0.5) is 4.79 Å². The summed E-state index contributed by atoms with van der Waals surface area (Å²) >= 11 is 0. The second-order valence-corrected chi connectivity index (χ2v) is 11.5. The normalized spacial score (nSPS) is 28.4. The summed E-state index contributed by atoms with van der Waals surface area (Å²) in [5.74, 6) is -0.490. The van der Waals surface area contributed by atoms with Crippen LogP contribution in [0.15, 0.2) is 12.2 Å². The molecule has 0 aromatic carbocycles. The van der Waals surface area contributed by atoms with Gasteiger partial charge in [0.2, 0.25) is 17.3 Å². The van der Waals surface area contributed by atoms with Crippen LogP contribution in [0.1, 0.15) is 46.0 Å². The monoisotopic (exact) mass is 501 g/mol. The van der Waals surface area contributed by atoms with Crippen LogP contribution in [0.5, 0.6) is 0 Å². The van der Waals surface area contributed by atoms with Crippen LogP contribution in [0.25, 0.3) is 0 Å². The molecular formula is C22H35N3O8S. The van der Waals surface area contributed by atoms with Gasteiger partial charge in [-0.05, 0) is 49.9 Å². The number of alkyl carbamates (subject to hydrolysis) is 1. The van der Waals surface area contributed by atoms with Gasteiger partial charge in [0, 0.05) is 18.4 Å². The summed E-state index contributed by atoms with van der Waals surface area (Å²) < 4.78 is 37.8. The lowest BCUT2D eigenvalue weighted by Gasteiger charge is -2.27. The number of aliphatic hydroxyl groups excluding tert-OH is 1. The molecule has 0 aromatic heterocycles. The van der Waals surface area contributed by atoms with E-state index in [0.717, 1.165) is 12.8 Å². The highest BCUT2D eigenvalue weighted by Crippen LogP contribution is 2.43. The highest BCUT2D eigenvalue weighted by Gasteiger charge is 2.39. The Bertz CT molecular complexity index is 906. The molecule has 0 unspecified atom stereocenters. The molecule has 2 bridgehead atoms. The van der Waals surface area contributed by atoms with Crippen molar-refractivity contribution in [3.63, 3.8) is 0 Å². The van der Waals surface area contributed by atoms with Gasteiger partial charge in [0.15, 0.2) is 0 Å². The number of carbonyl (C=O) groups excluding carboxylic acids is 3. The third-order valence-electron chi connectivity index (χ3n) is 6.84.